The summed E-state index contributed by atoms with van der Waals surface area (Å²) in [6.45, 7) is 12.6. The van der Waals surface area contributed by atoms with E-state index in [9.17, 15) is 4.39 Å². The highest BCUT2D eigenvalue weighted by molar-refractivity contribution is 6.62. The van der Waals surface area contributed by atoms with Crippen molar-refractivity contribution >= 4 is 12.6 Å². The van der Waals surface area contributed by atoms with Crippen LogP contribution in [0.3, 0.4) is 0 Å². The van der Waals surface area contributed by atoms with Gasteiger partial charge in [0.05, 0.1) is 11.2 Å². The first kappa shape index (κ1) is 16.5. The molecule has 0 saturated carbocycles. The second-order valence-corrected chi connectivity index (χ2v) is 6.97. The van der Waals surface area contributed by atoms with Crippen LogP contribution in [0.5, 0.6) is 0 Å². The van der Waals surface area contributed by atoms with Crippen molar-refractivity contribution in [1.29, 1.82) is 0 Å². The number of rotatable bonds is 4. The third-order valence-corrected chi connectivity index (χ3v) is 4.30. The summed E-state index contributed by atoms with van der Waals surface area (Å²) in [5.41, 5.74) is 0.557. The van der Waals surface area contributed by atoms with Gasteiger partial charge in [0.25, 0.3) is 0 Å². The highest BCUT2D eigenvalue weighted by Crippen LogP contribution is 2.36. The molecule has 0 radical (unpaired) electrons. The first-order valence-electron chi connectivity index (χ1n) is 7.50. The van der Waals surface area contributed by atoms with Crippen LogP contribution in [-0.2, 0) is 15.9 Å². The number of hydrogen-bond donors (Lipinski definition) is 1. The second-order valence-electron chi connectivity index (χ2n) is 6.97. The smallest absolute Gasteiger partial charge is 0.399 e. The Bertz CT molecular complexity index is 501. The molecule has 0 unspecified atom stereocenters. The molecule has 0 spiro atoms. The number of nitrogens with one attached hydrogen (secondary N) is 1. The van der Waals surface area contributed by atoms with Crippen LogP contribution in [0.25, 0.3) is 0 Å². The van der Waals surface area contributed by atoms with Gasteiger partial charge in [-0.25, -0.2) is 4.39 Å². The molecule has 116 valence electrons. The van der Waals surface area contributed by atoms with Crippen molar-refractivity contribution in [2.24, 2.45) is 0 Å². The predicted molar refractivity (Wildman–Crippen MR) is 84.1 cm³/mol. The molecule has 1 aromatic carbocycles. The topological polar surface area (TPSA) is 30.5 Å². The molecule has 0 aliphatic carbocycles. The number of benzene rings is 1. The standard InChI is InChI=1S/C16H25BFNO2/c1-11(2)19-10-12-7-8-13(9-14(12)18)17-20-15(3,4)16(5,6)21-17/h7-9,11,19H,10H2,1-6H3. The molecule has 3 nitrogen and oxygen atoms in total. The molecule has 5 heteroatoms. The fourth-order valence-electron chi connectivity index (χ4n) is 2.15. The maximum absolute atomic E-state index is 14.2. The van der Waals surface area contributed by atoms with Crippen LogP contribution >= 0.6 is 0 Å². The maximum Gasteiger partial charge on any atom is 0.494 e. The third-order valence-electron chi connectivity index (χ3n) is 4.30. The molecular weight excluding hydrogens is 268 g/mol. The van der Waals surface area contributed by atoms with Gasteiger partial charge in [-0.3, -0.25) is 0 Å². The van der Waals surface area contributed by atoms with Gasteiger partial charge in [-0.1, -0.05) is 26.0 Å². The van der Waals surface area contributed by atoms with Crippen molar-refractivity contribution in [2.45, 2.75) is 65.3 Å². The lowest BCUT2D eigenvalue weighted by Gasteiger charge is -2.32. The van der Waals surface area contributed by atoms with E-state index >= 15 is 0 Å². The monoisotopic (exact) mass is 293 g/mol. The summed E-state index contributed by atoms with van der Waals surface area (Å²) >= 11 is 0. The molecular formula is C16H25BFNO2. The lowest BCUT2D eigenvalue weighted by atomic mass is 9.78. The van der Waals surface area contributed by atoms with E-state index in [4.69, 9.17) is 9.31 Å². The SMILES string of the molecule is CC(C)NCc1ccc(B2OC(C)(C)C(C)(C)O2)cc1F. The Balaban J connectivity index is 2.14. The normalized spacial score (nSPS) is 20.3. The zero-order valence-electron chi connectivity index (χ0n) is 13.8. The van der Waals surface area contributed by atoms with Crippen LogP contribution in [0.2, 0.25) is 0 Å². The molecule has 1 saturated heterocycles. The molecule has 1 heterocycles. The van der Waals surface area contributed by atoms with E-state index in [1.807, 2.05) is 47.6 Å². The van der Waals surface area contributed by atoms with Gasteiger partial charge in [0.15, 0.2) is 0 Å². The number of halogens is 1. The average Bonchev–Trinajstić information content (AvgIpc) is 2.56. The van der Waals surface area contributed by atoms with Crippen molar-refractivity contribution in [3.05, 3.63) is 29.6 Å². The van der Waals surface area contributed by atoms with Gasteiger partial charge < -0.3 is 14.6 Å². The van der Waals surface area contributed by atoms with Gasteiger partial charge in [-0.2, -0.15) is 0 Å². The quantitative estimate of drug-likeness (QED) is 0.866. The van der Waals surface area contributed by atoms with E-state index in [1.165, 1.54) is 6.07 Å². The molecule has 1 aromatic rings. The first-order chi connectivity index (χ1) is 9.62. The number of hydrogen-bond acceptors (Lipinski definition) is 3. The lowest BCUT2D eigenvalue weighted by Crippen LogP contribution is -2.41. The Morgan fingerprint density at radius 3 is 2.19 bits per heavy atom. The molecule has 0 amide bonds. The summed E-state index contributed by atoms with van der Waals surface area (Å²) in [7, 11) is -0.517. The van der Waals surface area contributed by atoms with Crippen LogP contribution in [0.1, 0.15) is 47.1 Å². The Hall–Kier alpha value is -0.905. The molecule has 2 rings (SSSR count). The second kappa shape index (κ2) is 5.71. The predicted octanol–water partition coefficient (Wildman–Crippen LogP) is 2.62. The van der Waals surface area contributed by atoms with E-state index in [1.54, 1.807) is 6.07 Å². The largest absolute Gasteiger partial charge is 0.494 e. The van der Waals surface area contributed by atoms with Crippen molar-refractivity contribution in [1.82, 2.24) is 5.32 Å². The Labute approximate surface area is 127 Å². The summed E-state index contributed by atoms with van der Waals surface area (Å²) in [5.74, 6) is -0.227. The van der Waals surface area contributed by atoms with Crippen molar-refractivity contribution in [2.75, 3.05) is 0 Å². The summed E-state index contributed by atoms with van der Waals surface area (Å²) < 4.78 is 26.1. The lowest BCUT2D eigenvalue weighted by molar-refractivity contribution is 0.00578. The molecule has 1 aliphatic rings. The molecule has 0 atom stereocenters. The maximum atomic E-state index is 14.2. The van der Waals surface area contributed by atoms with Gasteiger partial charge >= 0.3 is 7.12 Å². The third kappa shape index (κ3) is 3.47. The van der Waals surface area contributed by atoms with E-state index in [2.05, 4.69) is 5.32 Å². The minimum atomic E-state index is -0.517. The van der Waals surface area contributed by atoms with Crippen molar-refractivity contribution in [3.8, 4) is 0 Å². The van der Waals surface area contributed by atoms with Gasteiger partial charge in [-0.15, -0.1) is 0 Å². The molecule has 1 aliphatic heterocycles. The summed E-state index contributed by atoms with van der Waals surface area (Å²) in [6.07, 6.45) is 0. The van der Waals surface area contributed by atoms with E-state index in [-0.39, 0.29) is 5.82 Å². The van der Waals surface area contributed by atoms with Crippen LogP contribution in [0, 0.1) is 5.82 Å². The molecule has 1 N–H and O–H groups in total. The first-order valence-corrected chi connectivity index (χ1v) is 7.50. The van der Waals surface area contributed by atoms with Gasteiger partial charge in [-0.05, 0) is 39.2 Å². The minimum absolute atomic E-state index is 0.227. The molecule has 0 aromatic heterocycles. The van der Waals surface area contributed by atoms with Crippen molar-refractivity contribution < 1.29 is 13.7 Å². The van der Waals surface area contributed by atoms with Gasteiger partial charge in [0, 0.05) is 18.2 Å². The zero-order chi connectivity index (χ0) is 15.8. The summed E-state index contributed by atoms with van der Waals surface area (Å²) in [4.78, 5) is 0. The van der Waals surface area contributed by atoms with Crippen LogP contribution in [0.4, 0.5) is 4.39 Å². The average molecular weight is 293 g/mol. The Morgan fingerprint density at radius 2 is 1.71 bits per heavy atom. The highest BCUT2D eigenvalue weighted by atomic mass is 19.1. The highest BCUT2D eigenvalue weighted by Gasteiger charge is 2.51. The van der Waals surface area contributed by atoms with Crippen LogP contribution in [-0.4, -0.2) is 24.4 Å². The van der Waals surface area contributed by atoms with E-state index in [0.717, 1.165) is 5.46 Å². The van der Waals surface area contributed by atoms with E-state index in [0.29, 0.717) is 18.2 Å². The van der Waals surface area contributed by atoms with Crippen molar-refractivity contribution in [3.63, 3.8) is 0 Å². The zero-order valence-corrected chi connectivity index (χ0v) is 13.8. The molecule has 21 heavy (non-hydrogen) atoms. The Morgan fingerprint density at radius 1 is 1.14 bits per heavy atom. The van der Waals surface area contributed by atoms with Gasteiger partial charge in [0.2, 0.25) is 0 Å². The molecule has 1 fully saturated rings. The van der Waals surface area contributed by atoms with Crippen LogP contribution in [0.15, 0.2) is 18.2 Å². The van der Waals surface area contributed by atoms with Crippen LogP contribution < -0.4 is 10.8 Å². The Kier molecular flexibility index (Phi) is 4.48. The fourth-order valence-corrected chi connectivity index (χ4v) is 2.15. The summed E-state index contributed by atoms with van der Waals surface area (Å²) in [6, 6.07) is 5.51. The summed E-state index contributed by atoms with van der Waals surface area (Å²) in [5, 5.41) is 3.22. The fraction of sp³-hybridized carbons (Fsp3) is 0.625. The molecule has 0 bridgehead atoms. The van der Waals surface area contributed by atoms with E-state index < -0.39 is 18.3 Å². The van der Waals surface area contributed by atoms with Gasteiger partial charge in [0.1, 0.15) is 5.82 Å². The minimum Gasteiger partial charge on any atom is -0.399 e.